The Bertz CT molecular complexity index is 1340. The van der Waals surface area contributed by atoms with Crippen LogP contribution in [0.5, 0.6) is 0 Å². The molecule has 1 fully saturated rings. The van der Waals surface area contributed by atoms with Gasteiger partial charge in [0.2, 0.25) is 5.91 Å². The summed E-state index contributed by atoms with van der Waals surface area (Å²) < 4.78 is 0. The third kappa shape index (κ3) is 5.88. The van der Waals surface area contributed by atoms with Crippen LogP contribution in [0.25, 0.3) is 23.1 Å². The first-order chi connectivity index (χ1) is 17.0. The number of nitrogens with zero attached hydrogens (tertiary/aromatic N) is 2. The molecule has 7 heteroatoms. The lowest BCUT2D eigenvalue weighted by Crippen LogP contribution is -2.37. The Morgan fingerprint density at radius 3 is 3.00 bits per heavy atom. The van der Waals surface area contributed by atoms with E-state index in [9.17, 15) is 9.90 Å². The minimum absolute atomic E-state index is 0.0199. The van der Waals surface area contributed by atoms with Crippen LogP contribution in [0.15, 0.2) is 53.9 Å². The molecule has 3 heterocycles. The fraction of sp³-hybridized carbons (Fsp3) is 0.286. The number of rotatable bonds is 7. The van der Waals surface area contributed by atoms with Crippen molar-refractivity contribution in [3.63, 3.8) is 0 Å². The standard InChI is InChI=1S/C28H30N4O2S/c1-19-13-27-24(16-26(19)29-28(34)15-23-8-4-12-35-23)25(30-31-27)10-9-20-5-2-6-21(14-20)17-32-11-3-7-22(33)18-32/h2,4-6,8-10,12-14,16,22,33H,3,7,11,15,17-18H2,1H3,(H,29,34)(H,30,31). The Morgan fingerprint density at radius 1 is 1.26 bits per heavy atom. The topological polar surface area (TPSA) is 81.2 Å². The molecule has 3 N–H and O–H groups in total. The van der Waals surface area contributed by atoms with E-state index in [1.54, 1.807) is 11.3 Å². The number of hydrogen-bond donors (Lipinski definition) is 3. The van der Waals surface area contributed by atoms with Crippen LogP contribution in [-0.4, -0.2) is 45.3 Å². The van der Waals surface area contributed by atoms with Crippen molar-refractivity contribution in [2.24, 2.45) is 0 Å². The fourth-order valence-corrected chi connectivity index (χ4v) is 5.33. The zero-order valence-electron chi connectivity index (χ0n) is 19.8. The number of amides is 1. The molecule has 0 spiro atoms. The van der Waals surface area contributed by atoms with Crippen LogP contribution in [0, 0.1) is 6.92 Å². The van der Waals surface area contributed by atoms with Crippen LogP contribution < -0.4 is 5.32 Å². The van der Waals surface area contributed by atoms with Crippen LogP contribution >= 0.6 is 11.3 Å². The van der Waals surface area contributed by atoms with Crippen molar-refractivity contribution in [1.82, 2.24) is 15.1 Å². The fourth-order valence-electron chi connectivity index (χ4n) is 4.62. The maximum Gasteiger partial charge on any atom is 0.229 e. The Balaban J connectivity index is 1.31. The van der Waals surface area contributed by atoms with Crippen molar-refractivity contribution in [2.45, 2.75) is 38.8 Å². The van der Waals surface area contributed by atoms with Crippen molar-refractivity contribution < 1.29 is 9.90 Å². The maximum absolute atomic E-state index is 12.5. The predicted octanol–water partition coefficient (Wildman–Crippen LogP) is 5.24. The van der Waals surface area contributed by atoms with Gasteiger partial charge >= 0.3 is 0 Å². The van der Waals surface area contributed by atoms with E-state index in [0.29, 0.717) is 6.42 Å². The number of benzene rings is 2. The van der Waals surface area contributed by atoms with E-state index in [4.69, 9.17) is 0 Å². The van der Waals surface area contributed by atoms with Gasteiger partial charge in [0.1, 0.15) is 0 Å². The van der Waals surface area contributed by atoms with Crippen LogP contribution in [0.4, 0.5) is 5.69 Å². The highest BCUT2D eigenvalue weighted by atomic mass is 32.1. The monoisotopic (exact) mass is 486 g/mol. The molecule has 0 aliphatic carbocycles. The number of aromatic nitrogens is 2. The molecule has 0 saturated carbocycles. The van der Waals surface area contributed by atoms with E-state index in [2.05, 4.69) is 50.8 Å². The van der Waals surface area contributed by atoms with E-state index in [1.807, 2.05) is 42.6 Å². The molecule has 180 valence electrons. The summed E-state index contributed by atoms with van der Waals surface area (Å²) in [6, 6.07) is 16.4. The van der Waals surface area contributed by atoms with E-state index < -0.39 is 0 Å². The van der Waals surface area contributed by atoms with Crippen molar-refractivity contribution in [2.75, 3.05) is 18.4 Å². The summed E-state index contributed by atoms with van der Waals surface area (Å²) in [6.07, 6.45) is 6.18. The van der Waals surface area contributed by atoms with Crippen LogP contribution in [-0.2, 0) is 17.8 Å². The molecule has 5 rings (SSSR count). The molecule has 0 bridgehead atoms. The van der Waals surface area contributed by atoms with E-state index in [-0.39, 0.29) is 12.0 Å². The largest absolute Gasteiger partial charge is 0.392 e. The molecule has 1 atom stereocenters. The van der Waals surface area contributed by atoms with Crippen molar-refractivity contribution in [1.29, 1.82) is 0 Å². The number of β-amino-alcohol motifs (C(OH)–C–C–N with tert-alkyl or cyclic N) is 1. The third-order valence-corrected chi connectivity index (χ3v) is 7.27. The highest BCUT2D eigenvalue weighted by Gasteiger charge is 2.17. The molecule has 2 aromatic carbocycles. The van der Waals surface area contributed by atoms with E-state index in [0.717, 1.165) is 70.8 Å². The zero-order valence-corrected chi connectivity index (χ0v) is 20.6. The Kier molecular flexibility index (Phi) is 7.08. The van der Waals surface area contributed by atoms with Gasteiger partial charge in [-0.1, -0.05) is 36.4 Å². The Morgan fingerprint density at radius 2 is 2.17 bits per heavy atom. The van der Waals surface area contributed by atoms with Gasteiger partial charge < -0.3 is 10.4 Å². The van der Waals surface area contributed by atoms with Gasteiger partial charge in [-0.25, -0.2) is 0 Å². The normalized spacial score (nSPS) is 16.8. The van der Waals surface area contributed by atoms with Gasteiger partial charge in [0.15, 0.2) is 0 Å². The first-order valence-corrected chi connectivity index (χ1v) is 12.9. The quantitative estimate of drug-likeness (QED) is 0.334. The molecular formula is C28H30N4O2S. The summed E-state index contributed by atoms with van der Waals surface area (Å²) in [7, 11) is 0. The summed E-state index contributed by atoms with van der Waals surface area (Å²) in [6.45, 7) is 4.61. The van der Waals surface area contributed by atoms with Crippen molar-refractivity contribution >= 4 is 46.0 Å². The highest BCUT2D eigenvalue weighted by molar-refractivity contribution is 7.10. The predicted molar refractivity (Wildman–Crippen MR) is 143 cm³/mol. The lowest BCUT2D eigenvalue weighted by molar-refractivity contribution is -0.115. The van der Waals surface area contributed by atoms with Gasteiger partial charge in [-0.05, 0) is 72.7 Å². The molecule has 6 nitrogen and oxygen atoms in total. The number of aliphatic hydroxyl groups is 1. The van der Waals surface area contributed by atoms with Gasteiger partial charge in [-0.3, -0.25) is 14.8 Å². The molecule has 1 saturated heterocycles. The number of likely N-dealkylation sites (tertiary alicyclic amines) is 1. The zero-order chi connectivity index (χ0) is 24.2. The summed E-state index contributed by atoms with van der Waals surface area (Å²) in [5.74, 6) is -0.0199. The average molecular weight is 487 g/mol. The van der Waals surface area contributed by atoms with E-state index >= 15 is 0 Å². The number of aryl methyl sites for hydroxylation is 1. The smallest absolute Gasteiger partial charge is 0.229 e. The second-order valence-electron chi connectivity index (χ2n) is 9.24. The van der Waals surface area contributed by atoms with Crippen molar-refractivity contribution in [3.05, 3.63) is 81.2 Å². The molecule has 35 heavy (non-hydrogen) atoms. The summed E-state index contributed by atoms with van der Waals surface area (Å²) >= 11 is 1.59. The molecular weight excluding hydrogens is 456 g/mol. The second-order valence-corrected chi connectivity index (χ2v) is 10.3. The summed E-state index contributed by atoms with van der Waals surface area (Å²) in [5.41, 5.74) is 5.91. The third-order valence-electron chi connectivity index (χ3n) is 6.40. The number of thiophene rings is 1. The molecule has 1 aliphatic heterocycles. The second kappa shape index (κ2) is 10.6. The number of fused-ring (bicyclic) bond motifs is 1. The first-order valence-electron chi connectivity index (χ1n) is 12.0. The SMILES string of the molecule is Cc1cc2[nH]nc(C=Cc3cccc(CN4CCCC(O)C4)c3)c2cc1NC(=O)Cc1cccs1. The number of aliphatic hydroxyl groups excluding tert-OH is 1. The van der Waals surface area contributed by atoms with Gasteiger partial charge in [-0.15, -0.1) is 11.3 Å². The number of H-pyrrole nitrogens is 1. The highest BCUT2D eigenvalue weighted by Crippen LogP contribution is 2.26. The molecule has 1 aliphatic rings. The maximum atomic E-state index is 12.5. The number of hydrogen-bond acceptors (Lipinski definition) is 5. The average Bonchev–Trinajstić information content (AvgIpc) is 3.48. The number of carbonyl (C=O) groups is 1. The Hall–Kier alpha value is -3.26. The number of aromatic amines is 1. The van der Waals surface area contributed by atoms with Gasteiger partial charge in [-0.2, -0.15) is 5.10 Å². The lowest BCUT2D eigenvalue weighted by atomic mass is 10.1. The van der Waals surface area contributed by atoms with Gasteiger partial charge in [0.25, 0.3) is 0 Å². The molecule has 4 aromatic rings. The Labute approximate surface area is 209 Å². The molecule has 1 amide bonds. The minimum Gasteiger partial charge on any atom is -0.392 e. The van der Waals surface area contributed by atoms with Gasteiger partial charge in [0, 0.05) is 29.0 Å². The molecule has 0 radical (unpaired) electrons. The number of anilines is 1. The van der Waals surface area contributed by atoms with Gasteiger partial charge in [0.05, 0.1) is 23.7 Å². The van der Waals surface area contributed by atoms with E-state index in [1.165, 1.54) is 5.56 Å². The molecule has 2 aromatic heterocycles. The van der Waals surface area contributed by atoms with Crippen LogP contribution in [0.3, 0.4) is 0 Å². The van der Waals surface area contributed by atoms with Crippen molar-refractivity contribution in [3.8, 4) is 0 Å². The number of piperidine rings is 1. The van der Waals surface area contributed by atoms with Crippen LogP contribution in [0.2, 0.25) is 0 Å². The first kappa shape index (κ1) is 23.5. The van der Waals surface area contributed by atoms with Crippen LogP contribution in [0.1, 0.15) is 40.1 Å². The summed E-state index contributed by atoms with van der Waals surface area (Å²) in [5, 5.41) is 23.6. The summed E-state index contributed by atoms with van der Waals surface area (Å²) in [4.78, 5) is 15.9. The minimum atomic E-state index is -0.214. The number of carbonyl (C=O) groups excluding carboxylic acids is 1. The number of nitrogens with one attached hydrogen (secondary N) is 2. The lowest BCUT2D eigenvalue weighted by Gasteiger charge is -2.30. The molecule has 1 unspecified atom stereocenters.